The van der Waals surface area contributed by atoms with Gasteiger partial charge in [-0.1, -0.05) is 24.3 Å². The summed E-state index contributed by atoms with van der Waals surface area (Å²) < 4.78 is 4.83. The monoisotopic (exact) mass is 370 g/mol. The molecule has 0 N–H and O–H groups in total. The minimum atomic E-state index is 0.491. The second kappa shape index (κ2) is 6.86. The molecule has 2 aromatic heterocycles. The van der Waals surface area contributed by atoms with E-state index in [9.17, 15) is 0 Å². The first kappa shape index (κ1) is 16.7. The molecule has 1 fully saturated rings. The summed E-state index contributed by atoms with van der Waals surface area (Å²) in [5.41, 5.74) is 2.33. The Bertz CT molecular complexity index is 923. The maximum absolute atomic E-state index is 5.77. The highest BCUT2D eigenvalue weighted by atomic mass is 32.1. The Labute approximate surface area is 157 Å². The Balaban J connectivity index is 1.65. The molecule has 25 heavy (non-hydrogen) atoms. The lowest BCUT2D eigenvalue weighted by atomic mass is 10.2. The lowest BCUT2D eigenvalue weighted by molar-refractivity contribution is 0.192. The predicted molar refractivity (Wildman–Crippen MR) is 105 cm³/mol. The normalized spacial score (nSPS) is 18.1. The third-order valence-electron chi connectivity index (χ3n) is 4.91. The van der Waals surface area contributed by atoms with Crippen molar-refractivity contribution in [2.75, 3.05) is 6.54 Å². The van der Waals surface area contributed by atoms with Gasteiger partial charge in [-0.3, -0.25) is 9.47 Å². The summed E-state index contributed by atoms with van der Waals surface area (Å²) in [6.07, 6.45) is 2.44. The van der Waals surface area contributed by atoms with Gasteiger partial charge < -0.3 is 0 Å². The molecule has 0 unspecified atom stereocenters. The van der Waals surface area contributed by atoms with Gasteiger partial charge in [0.15, 0.2) is 0 Å². The van der Waals surface area contributed by atoms with Crippen molar-refractivity contribution in [3.05, 3.63) is 62.8 Å². The molecular weight excluding hydrogens is 348 g/mol. The van der Waals surface area contributed by atoms with E-state index in [2.05, 4.69) is 52.1 Å². The Morgan fingerprint density at radius 1 is 1.20 bits per heavy atom. The van der Waals surface area contributed by atoms with Crippen molar-refractivity contribution in [3.63, 3.8) is 0 Å². The van der Waals surface area contributed by atoms with Crippen molar-refractivity contribution >= 4 is 23.6 Å². The minimum Gasteiger partial charge on any atom is -0.276 e. The fourth-order valence-electron chi connectivity index (χ4n) is 3.67. The van der Waals surface area contributed by atoms with Gasteiger partial charge in [-0.2, -0.15) is 5.10 Å². The molecule has 0 spiro atoms. The van der Waals surface area contributed by atoms with Crippen molar-refractivity contribution in [3.8, 4) is 5.69 Å². The molecule has 3 aromatic rings. The van der Waals surface area contributed by atoms with E-state index in [1.807, 2.05) is 29.0 Å². The molecule has 4 nitrogen and oxygen atoms in total. The molecule has 0 radical (unpaired) electrons. The molecule has 0 aliphatic carbocycles. The molecule has 1 aliphatic rings. The third-order valence-corrected chi connectivity index (χ3v) is 6.28. The van der Waals surface area contributed by atoms with Crippen LogP contribution in [-0.4, -0.2) is 25.8 Å². The van der Waals surface area contributed by atoms with Gasteiger partial charge >= 0.3 is 0 Å². The number of hydrogen-bond donors (Lipinski definition) is 0. The summed E-state index contributed by atoms with van der Waals surface area (Å²) in [5.74, 6) is 0.936. The highest BCUT2D eigenvalue weighted by Crippen LogP contribution is 2.34. The average molecular weight is 371 g/mol. The SMILES string of the molecule is Cc1ccccc1-n1c(C)nn(CN2CCC[C@H]2c2cccs2)c1=S. The van der Waals surface area contributed by atoms with E-state index in [0.717, 1.165) is 29.5 Å². The van der Waals surface area contributed by atoms with Crippen LogP contribution >= 0.6 is 23.6 Å². The van der Waals surface area contributed by atoms with E-state index in [1.54, 1.807) is 0 Å². The average Bonchev–Trinajstić information content (AvgIpc) is 3.31. The number of rotatable bonds is 4. The van der Waals surface area contributed by atoms with Crippen molar-refractivity contribution in [2.45, 2.75) is 39.4 Å². The fraction of sp³-hybridized carbons (Fsp3) is 0.368. The summed E-state index contributed by atoms with van der Waals surface area (Å²) in [6, 6.07) is 13.2. The van der Waals surface area contributed by atoms with Gasteiger partial charge in [0.05, 0.1) is 12.4 Å². The van der Waals surface area contributed by atoms with Crippen LogP contribution in [0.4, 0.5) is 0 Å². The largest absolute Gasteiger partial charge is 0.276 e. The van der Waals surface area contributed by atoms with Crippen LogP contribution < -0.4 is 0 Å². The Morgan fingerprint density at radius 3 is 2.80 bits per heavy atom. The number of hydrogen-bond acceptors (Lipinski definition) is 4. The maximum Gasteiger partial charge on any atom is 0.203 e. The fourth-order valence-corrected chi connectivity index (χ4v) is 4.89. The van der Waals surface area contributed by atoms with Gasteiger partial charge in [-0.25, -0.2) is 4.68 Å². The van der Waals surface area contributed by atoms with Crippen molar-refractivity contribution in [2.24, 2.45) is 0 Å². The van der Waals surface area contributed by atoms with Crippen LogP contribution in [0.5, 0.6) is 0 Å². The van der Waals surface area contributed by atoms with Gasteiger partial charge in [0.1, 0.15) is 5.82 Å². The van der Waals surface area contributed by atoms with Crippen molar-refractivity contribution in [1.29, 1.82) is 0 Å². The quantitative estimate of drug-likeness (QED) is 0.613. The number of benzene rings is 1. The highest BCUT2D eigenvalue weighted by Gasteiger charge is 2.27. The Morgan fingerprint density at radius 2 is 2.04 bits per heavy atom. The summed E-state index contributed by atoms with van der Waals surface area (Å²) in [5, 5.41) is 6.91. The molecule has 6 heteroatoms. The first-order chi connectivity index (χ1) is 12.1. The Hall–Kier alpha value is -1.76. The number of nitrogens with zero attached hydrogens (tertiary/aromatic N) is 4. The lowest BCUT2D eigenvalue weighted by Crippen LogP contribution is -2.26. The molecule has 0 saturated carbocycles. The number of aromatic nitrogens is 3. The standard InChI is InChI=1S/C19H22N4S2/c1-14-7-3-4-8-16(14)23-15(2)20-22(19(23)24)13-21-11-5-9-17(21)18-10-6-12-25-18/h3-4,6-8,10,12,17H,5,9,11,13H2,1-2H3/t17-/m0/s1. The topological polar surface area (TPSA) is 26.0 Å². The number of thiophene rings is 1. The summed E-state index contributed by atoms with van der Waals surface area (Å²) in [6.45, 7) is 5.99. The van der Waals surface area contributed by atoms with E-state index in [-0.39, 0.29) is 0 Å². The number of para-hydroxylation sites is 1. The smallest absolute Gasteiger partial charge is 0.203 e. The number of likely N-dealkylation sites (tertiary alicyclic amines) is 1. The summed E-state index contributed by atoms with van der Waals surface area (Å²) >= 11 is 7.61. The predicted octanol–water partition coefficient (Wildman–Crippen LogP) is 4.88. The molecule has 1 aliphatic heterocycles. The van der Waals surface area contributed by atoms with E-state index in [1.165, 1.54) is 23.3 Å². The van der Waals surface area contributed by atoms with E-state index in [0.29, 0.717) is 6.04 Å². The van der Waals surface area contributed by atoms with Crippen LogP contribution in [-0.2, 0) is 6.67 Å². The van der Waals surface area contributed by atoms with Crippen LogP contribution in [0.1, 0.15) is 35.1 Å². The molecule has 3 heterocycles. The highest BCUT2D eigenvalue weighted by molar-refractivity contribution is 7.71. The van der Waals surface area contributed by atoms with Crippen LogP contribution in [0, 0.1) is 18.6 Å². The second-order valence-corrected chi connectivity index (χ2v) is 7.92. The zero-order chi connectivity index (χ0) is 17.4. The van der Waals surface area contributed by atoms with Gasteiger partial charge in [-0.05, 0) is 62.0 Å². The van der Waals surface area contributed by atoms with E-state index in [4.69, 9.17) is 17.3 Å². The molecule has 1 aromatic carbocycles. The van der Waals surface area contributed by atoms with Gasteiger partial charge in [0.2, 0.25) is 4.77 Å². The first-order valence-electron chi connectivity index (χ1n) is 8.65. The Kier molecular flexibility index (Phi) is 4.58. The van der Waals surface area contributed by atoms with Crippen molar-refractivity contribution in [1.82, 2.24) is 19.2 Å². The van der Waals surface area contributed by atoms with Crippen LogP contribution in [0.2, 0.25) is 0 Å². The number of aryl methyl sites for hydroxylation is 2. The minimum absolute atomic E-state index is 0.491. The van der Waals surface area contributed by atoms with Gasteiger partial charge in [0.25, 0.3) is 0 Å². The second-order valence-electron chi connectivity index (χ2n) is 6.58. The van der Waals surface area contributed by atoms with Crippen LogP contribution in [0.15, 0.2) is 41.8 Å². The van der Waals surface area contributed by atoms with Gasteiger partial charge in [-0.15, -0.1) is 11.3 Å². The molecular formula is C19H22N4S2. The van der Waals surface area contributed by atoms with Crippen LogP contribution in [0.3, 0.4) is 0 Å². The molecule has 130 valence electrons. The molecule has 1 saturated heterocycles. The van der Waals surface area contributed by atoms with Crippen LogP contribution in [0.25, 0.3) is 5.69 Å². The van der Waals surface area contributed by atoms with E-state index >= 15 is 0 Å². The molecule has 0 amide bonds. The third kappa shape index (κ3) is 3.10. The first-order valence-corrected chi connectivity index (χ1v) is 9.94. The molecule has 0 bridgehead atoms. The maximum atomic E-state index is 5.77. The zero-order valence-corrected chi connectivity index (χ0v) is 16.2. The molecule has 4 rings (SSSR count). The zero-order valence-electron chi connectivity index (χ0n) is 14.6. The molecule has 1 atom stereocenters. The van der Waals surface area contributed by atoms with E-state index < -0.39 is 0 Å². The summed E-state index contributed by atoms with van der Waals surface area (Å²) in [4.78, 5) is 3.94. The van der Waals surface area contributed by atoms with Crippen molar-refractivity contribution < 1.29 is 0 Å². The lowest BCUT2D eigenvalue weighted by Gasteiger charge is -2.23. The van der Waals surface area contributed by atoms with Gasteiger partial charge in [0, 0.05) is 17.5 Å². The summed E-state index contributed by atoms with van der Waals surface area (Å²) in [7, 11) is 0.